The van der Waals surface area contributed by atoms with Crippen LogP contribution in [0.5, 0.6) is 0 Å². The Morgan fingerprint density at radius 2 is 1.76 bits per heavy atom. The van der Waals surface area contributed by atoms with E-state index in [0.717, 1.165) is 0 Å². The minimum atomic E-state index is -3.62. The van der Waals surface area contributed by atoms with E-state index in [9.17, 15) is 8.42 Å². The van der Waals surface area contributed by atoms with Crippen molar-refractivity contribution in [1.29, 1.82) is 0 Å². The van der Waals surface area contributed by atoms with Gasteiger partial charge in [-0.15, -0.1) is 0 Å². The molecule has 1 saturated heterocycles. The average molecular weight is 353 g/mol. The minimum absolute atomic E-state index is 0.0783. The van der Waals surface area contributed by atoms with Gasteiger partial charge in [0.1, 0.15) is 4.90 Å². The highest BCUT2D eigenvalue weighted by molar-refractivity contribution is 7.89. The van der Waals surface area contributed by atoms with Crippen LogP contribution in [0.25, 0.3) is 0 Å². The molecular weight excluding hydrogens is 335 g/mol. The number of halogens is 2. The number of hydrogen-bond donors (Lipinski definition) is 1. The predicted octanol–water partition coefficient (Wildman–Crippen LogP) is 1.60. The number of aliphatic hydroxyl groups excluding tert-OH is 1. The molecule has 1 aromatic rings. The van der Waals surface area contributed by atoms with Crippen molar-refractivity contribution in [3.05, 3.63) is 27.7 Å². The number of piperazine rings is 1. The van der Waals surface area contributed by atoms with Crippen molar-refractivity contribution < 1.29 is 13.5 Å². The third-order valence-electron chi connectivity index (χ3n) is 3.58. The molecule has 1 aliphatic heterocycles. The van der Waals surface area contributed by atoms with Gasteiger partial charge in [0.05, 0.1) is 11.6 Å². The van der Waals surface area contributed by atoms with Crippen LogP contribution in [-0.4, -0.2) is 62.1 Å². The van der Waals surface area contributed by atoms with E-state index in [1.54, 1.807) is 6.92 Å². The lowest BCUT2D eigenvalue weighted by Crippen LogP contribution is -2.49. The number of aliphatic hydroxyl groups is 1. The molecule has 0 amide bonds. The van der Waals surface area contributed by atoms with E-state index in [1.165, 1.54) is 16.4 Å². The number of rotatable bonds is 4. The Labute approximate surface area is 135 Å². The highest BCUT2D eigenvalue weighted by atomic mass is 35.5. The van der Waals surface area contributed by atoms with Crippen molar-refractivity contribution in [3.63, 3.8) is 0 Å². The predicted molar refractivity (Wildman–Crippen MR) is 83.5 cm³/mol. The van der Waals surface area contributed by atoms with Crippen molar-refractivity contribution in [2.75, 3.05) is 39.3 Å². The fraction of sp³-hybridized carbons (Fsp3) is 0.538. The van der Waals surface area contributed by atoms with Crippen molar-refractivity contribution in [3.8, 4) is 0 Å². The molecule has 21 heavy (non-hydrogen) atoms. The Kier molecular flexibility index (Phi) is 5.51. The summed E-state index contributed by atoms with van der Waals surface area (Å²) < 4.78 is 26.8. The smallest absolute Gasteiger partial charge is 0.244 e. The van der Waals surface area contributed by atoms with Gasteiger partial charge in [0.25, 0.3) is 0 Å². The first kappa shape index (κ1) is 17.0. The van der Waals surface area contributed by atoms with Crippen LogP contribution in [0.15, 0.2) is 17.0 Å². The first-order valence-corrected chi connectivity index (χ1v) is 8.85. The maximum atomic E-state index is 12.7. The lowest BCUT2D eigenvalue weighted by Gasteiger charge is -2.33. The number of hydrogen-bond acceptors (Lipinski definition) is 4. The zero-order valence-electron chi connectivity index (χ0n) is 11.7. The number of β-amino-alcohol motifs (C(OH)–C–C–N with tert-alkyl or cyclic N) is 1. The van der Waals surface area contributed by atoms with Gasteiger partial charge in [-0.2, -0.15) is 4.31 Å². The summed E-state index contributed by atoms with van der Waals surface area (Å²) >= 11 is 12.0. The second-order valence-corrected chi connectivity index (χ2v) is 7.72. The molecule has 0 atom stereocenters. The van der Waals surface area contributed by atoms with Crippen molar-refractivity contribution >= 4 is 33.2 Å². The average Bonchev–Trinajstić information content (AvgIpc) is 2.43. The van der Waals surface area contributed by atoms with Crippen LogP contribution in [0.2, 0.25) is 10.0 Å². The molecule has 1 N–H and O–H groups in total. The largest absolute Gasteiger partial charge is 0.395 e. The molecule has 2 rings (SSSR count). The zero-order valence-corrected chi connectivity index (χ0v) is 14.0. The third-order valence-corrected chi connectivity index (χ3v) is 6.35. The maximum Gasteiger partial charge on any atom is 0.244 e. The fourth-order valence-corrected chi connectivity index (χ4v) is 4.53. The van der Waals surface area contributed by atoms with Gasteiger partial charge in [-0.3, -0.25) is 4.90 Å². The molecule has 0 radical (unpaired) electrons. The summed E-state index contributed by atoms with van der Waals surface area (Å²) in [6.45, 7) is 4.37. The van der Waals surface area contributed by atoms with Crippen molar-refractivity contribution in [2.24, 2.45) is 0 Å². The van der Waals surface area contributed by atoms with E-state index < -0.39 is 10.0 Å². The highest BCUT2D eigenvalue weighted by Crippen LogP contribution is 2.30. The molecule has 1 aromatic carbocycles. The summed E-state index contributed by atoms with van der Waals surface area (Å²) in [5.41, 5.74) is 0.679. The van der Waals surface area contributed by atoms with E-state index in [-0.39, 0.29) is 16.5 Å². The van der Waals surface area contributed by atoms with E-state index in [0.29, 0.717) is 43.3 Å². The van der Waals surface area contributed by atoms with Gasteiger partial charge in [0.2, 0.25) is 10.0 Å². The van der Waals surface area contributed by atoms with Crippen LogP contribution in [0.4, 0.5) is 0 Å². The summed E-state index contributed by atoms with van der Waals surface area (Å²) in [7, 11) is -3.62. The molecule has 0 saturated carbocycles. The molecule has 0 aromatic heterocycles. The monoisotopic (exact) mass is 352 g/mol. The SMILES string of the molecule is Cc1cc(S(=O)(=O)N2CCN(CCO)CC2)c(Cl)cc1Cl. The second-order valence-electron chi connectivity index (χ2n) is 5.00. The van der Waals surface area contributed by atoms with Gasteiger partial charge in [-0.25, -0.2) is 8.42 Å². The Balaban J connectivity index is 2.22. The number of sulfonamides is 1. The topological polar surface area (TPSA) is 60.9 Å². The molecule has 1 fully saturated rings. The molecule has 1 aliphatic rings. The normalized spacial score (nSPS) is 18.1. The van der Waals surface area contributed by atoms with Gasteiger partial charge < -0.3 is 5.11 Å². The number of benzene rings is 1. The van der Waals surface area contributed by atoms with E-state index in [4.69, 9.17) is 28.3 Å². The van der Waals surface area contributed by atoms with Gasteiger partial charge in [-0.1, -0.05) is 23.2 Å². The molecule has 5 nitrogen and oxygen atoms in total. The van der Waals surface area contributed by atoms with Gasteiger partial charge >= 0.3 is 0 Å². The fourth-order valence-electron chi connectivity index (χ4n) is 2.30. The standard InChI is InChI=1S/C13H18Cl2N2O3S/c1-10-8-13(12(15)9-11(10)14)21(19,20)17-4-2-16(3-5-17)6-7-18/h8-9,18H,2-7H2,1H3. The Bertz CT molecular complexity index is 614. The van der Waals surface area contributed by atoms with Crippen molar-refractivity contribution in [2.45, 2.75) is 11.8 Å². The Morgan fingerprint density at radius 3 is 2.33 bits per heavy atom. The maximum absolute atomic E-state index is 12.7. The molecule has 8 heteroatoms. The van der Waals surface area contributed by atoms with Crippen LogP contribution in [0.3, 0.4) is 0 Å². The van der Waals surface area contributed by atoms with Crippen LogP contribution < -0.4 is 0 Å². The van der Waals surface area contributed by atoms with Crippen LogP contribution in [-0.2, 0) is 10.0 Å². The summed E-state index contributed by atoms with van der Waals surface area (Å²) in [6, 6.07) is 2.98. The Hall–Kier alpha value is -0.370. The van der Waals surface area contributed by atoms with Gasteiger partial charge in [0.15, 0.2) is 0 Å². The lowest BCUT2D eigenvalue weighted by atomic mass is 10.2. The molecule has 1 heterocycles. The first-order valence-electron chi connectivity index (χ1n) is 6.65. The highest BCUT2D eigenvalue weighted by Gasteiger charge is 2.30. The van der Waals surface area contributed by atoms with E-state index >= 15 is 0 Å². The number of nitrogens with zero attached hydrogens (tertiary/aromatic N) is 2. The van der Waals surface area contributed by atoms with Gasteiger partial charge in [-0.05, 0) is 24.6 Å². The summed E-state index contributed by atoms with van der Waals surface area (Å²) in [4.78, 5) is 2.13. The minimum Gasteiger partial charge on any atom is -0.395 e. The Morgan fingerprint density at radius 1 is 1.14 bits per heavy atom. The molecule has 0 spiro atoms. The first-order chi connectivity index (χ1) is 9.86. The van der Waals surface area contributed by atoms with Crippen LogP contribution in [0, 0.1) is 6.92 Å². The quantitative estimate of drug-likeness (QED) is 0.893. The zero-order chi connectivity index (χ0) is 15.6. The molecule has 0 bridgehead atoms. The van der Waals surface area contributed by atoms with Gasteiger partial charge in [0, 0.05) is 37.7 Å². The molecule has 0 aliphatic carbocycles. The van der Waals surface area contributed by atoms with Crippen molar-refractivity contribution in [1.82, 2.24) is 9.21 Å². The molecular formula is C13H18Cl2N2O3S. The van der Waals surface area contributed by atoms with Crippen LogP contribution in [0.1, 0.15) is 5.56 Å². The summed E-state index contributed by atoms with van der Waals surface area (Å²) in [6.07, 6.45) is 0. The second kappa shape index (κ2) is 6.81. The summed E-state index contributed by atoms with van der Waals surface area (Å²) in [5, 5.41) is 9.50. The molecule has 118 valence electrons. The van der Waals surface area contributed by atoms with Crippen LogP contribution >= 0.6 is 23.2 Å². The van der Waals surface area contributed by atoms with E-state index in [1.807, 2.05) is 4.90 Å². The van der Waals surface area contributed by atoms with E-state index in [2.05, 4.69) is 0 Å². The summed E-state index contributed by atoms with van der Waals surface area (Å²) in [5.74, 6) is 0. The lowest BCUT2D eigenvalue weighted by molar-refractivity contribution is 0.151. The number of aryl methyl sites for hydroxylation is 1. The molecule has 0 unspecified atom stereocenters. The third kappa shape index (κ3) is 3.70.